The summed E-state index contributed by atoms with van der Waals surface area (Å²) in [6.07, 6.45) is -1.19. The zero-order valence-corrected chi connectivity index (χ0v) is 8.56. The number of amides is 1. The third-order valence-corrected chi connectivity index (χ3v) is 2.54. The number of carbonyl (C=O) groups excluding carboxylic acids is 1. The van der Waals surface area contributed by atoms with Gasteiger partial charge in [-0.05, 0) is 0 Å². The van der Waals surface area contributed by atoms with Crippen molar-refractivity contribution in [3.63, 3.8) is 0 Å². The predicted molar refractivity (Wildman–Crippen MR) is 49.5 cm³/mol. The Kier molecular flexibility index (Phi) is 2.70. The lowest BCUT2D eigenvalue weighted by atomic mass is 9.77. The molecule has 1 fully saturated rings. The van der Waals surface area contributed by atoms with E-state index in [1.54, 1.807) is 13.8 Å². The zero-order valence-electron chi connectivity index (χ0n) is 8.56. The van der Waals surface area contributed by atoms with Gasteiger partial charge in [0.05, 0.1) is 0 Å². The standard InChI is InChI=1S/C9H13NO5/c1-9(2)4-10(8(14)15)3-5(6(9)11)7(12)13/h5H,3-4H2,1-2H3,(H,12,13)(H,14,15). The van der Waals surface area contributed by atoms with E-state index in [0.717, 1.165) is 4.90 Å². The van der Waals surface area contributed by atoms with Crippen LogP contribution in [0.2, 0.25) is 0 Å². The molecular weight excluding hydrogens is 202 g/mol. The predicted octanol–water partition coefficient (Wildman–Crippen LogP) is 0.276. The van der Waals surface area contributed by atoms with Gasteiger partial charge in [-0.2, -0.15) is 0 Å². The number of carboxylic acid groups (broad SMARTS) is 2. The van der Waals surface area contributed by atoms with Crippen LogP contribution in [-0.4, -0.2) is 46.0 Å². The Balaban J connectivity index is 2.97. The minimum atomic E-state index is -1.26. The molecule has 0 aromatic rings. The summed E-state index contributed by atoms with van der Waals surface area (Å²) in [4.78, 5) is 34.1. The maximum atomic E-state index is 11.7. The van der Waals surface area contributed by atoms with Crippen LogP contribution in [0.5, 0.6) is 0 Å². The van der Waals surface area contributed by atoms with Crippen molar-refractivity contribution in [2.24, 2.45) is 11.3 Å². The van der Waals surface area contributed by atoms with Crippen molar-refractivity contribution in [2.45, 2.75) is 13.8 Å². The largest absolute Gasteiger partial charge is 0.481 e. The fraction of sp³-hybridized carbons (Fsp3) is 0.667. The van der Waals surface area contributed by atoms with Crippen molar-refractivity contribution in [3.05, 3.63) is 0 Å². The first-order chi connectivity index (χ1) is 6.75. The summed E-state index contributed by atoms with van der Waals surface area (Å²) in [5.41, 5.74) is -0.931. The molecule has 1 rings (SSSR count). The van der Waals surface area contributed by atoms with Gasteiger partial charge >= 0.3 is 12.1 Å². The van der Waals surface area contributed by atoms with Gasteiger partial charge in [0.2, 0.25) is 0 Å². The highest BCUT2D eigenvalue weighted by molar-refractivity contribution is 6.02. The Morgan fingerprint density at radius 3 is 2.33 bits per heavy atom. The minimum Gasteiger partial charge on any atom is -0.481 e. The zero-order chi connectivity index (χ0) is 11.8. The number of hydrogen-bond donors (Lipinski definition) is 2. The van der Waals surface area contributed by atoms with Crippen LogP contribution in [0.25, 0.3) is 0 Å². The summed E-state index contributed by atoms with van der Waals surface area (Å²) >= 11 is 0. The molecule has 0 saturated carbocycles. The van der Waals surface area contributed by atoms with Crippen LogP contribution >= 0.6 is 0 Å². The van der Waals surface area contributed by atoms with Crippen LogP contribution in [0.3, 0.4) is 0 Å². The van der Waals surface area contributed by atoms with Crippen molar-refractivity contribution in [2.75, 3.05) is 13.1 Å². The van der Waals surface area contributed by atoms with Crippen LogP contribution in [-0.2, 0) is 9.59 Å². The fourth-order valence-electron chi connectivity index (χ4n) is 1.73. The molecule has 0 bridgehead atoms. The molecule has 6 heteroatoms. The molecule has 0 spiro atoms. The number of rotatable bonds is 1. The number of piperidine rings is 1. The second-order valence-corrected chi connectivity index (χ2v) is 4.30. The first kappa shape index (κ1) is 11.5. The third-order valence-electron chi connectivity index (χ3n) is 2.54. The summed E-state index contributed by atoms with van der Waals surface area (Å²) in [5.74, 6) is -2.92. The fourth-order valence-corrected chi connectivity index (χ4v) is 1.73. The number of ketones is 1. The second-order valence-electron chi connectivity index (χ2n) is 4.30. The van der Waals surface area contributed by atoms with Crippen LogP contribution in [0.1, 0.15) is 13.8 Å². The SMILES string of the molecule is CC1(C)CN(C(=O)O)CC(C(=O)O)C1=O. The number of nitrogens with zero attached hydrogens (tertiary/aromatic N) is 1. The maximum absolute atomic E-state index is 11.7. The molecule has 0 aromatic carbocycles. The summed E-state index contributed by atoms with van der Waals surface area (Å²) < 4.78 is 0. The molecule has 0 radical (unpaired) electrons. The van der Waals surface area contributed by atoms with E-state index in [2.05, 4.69) is 0 Å². The monoisotopic (exact) mass is 215 g/mol. The Morgan fingerprint density at radius 1 is 1.40 bits per heavy atom. The van der Waals surface area contributed by atoms with Crippen molar-refractivity contribution in [1.29, 1.82) is 0 Å². The number of hydrogen-bond acceptors (Lipinski definition) is 3. The second kappa shape index (κ2) is 3.52. The first-order valence-electron chi connectivity index (χ1n) is 4.50. The minimum absolute atomic E-state index is 0.0466. The van der Waals surface area contributed by atoms with E-state index in [9.17, 15) is 14.4 Å². The summed E-state index contributed by atoms with van der Waals surface area (Å²) in [7, 11) is 0. The smallest absolute Gasteiger partial charge is 0.407 e. The van der Waals surface area contributed by atoms with Crippen LogP contribution in [0, 0.1) is 11.3 Å². The van der Waals surface area contributed by atoms with E-state index in [1.165, 1.54) is 0 Å². The first-order valence-corrected chi connectivity index (χ1v) is 4.50. The highest BCUT2D eigenvalue weighted by atomic mass is 16.4. The number of likely N-dealkylation sites (tertiary alicyclic amines) is 1. The van der Waals surface area contributed by atoms with Crippen molar-refractivity contribution < 1.29 is 24.6 Å². The summed E-state index contributed by atoms with van der Waals surface area (Å²) in [5, 5.41) is 17.6. The quantitative estimate of drug-likeness (QED) is 0.612. The molecule has 84 valence electrons. The molecule has 15 heavy (non-hydrogen) atoms. The van der Waals surface area contributed by atoms with Crippen molar-refractivity contribution >= 4 is 17.8 Å². The third kappa shape index (κ3) is 2.08. The van der Waals surface area contributed by atoms with Gasteiger partial charge in [-0.25, -0.2) is 4.79 Å². The summed E-state index contributed by atoms with van der Waals surface area (Å²) in [6.45, 7) is 2.90. The van der Waals surface area contributed by atoms with E-state index in [0.29, 0.717) is 0 Å². The van der Waals surface area contributed by atoms with E-state index in [4.69, 9.17) is 10.2 Å². The van der Waals surface area contributed by atoms with Gasteiger partial charge in [-0.3, -0.25) is 9.59 Å². The lowest BCUT2D eigenvalue weighted by molar-refractivity contribution is -0.153. The average Bonchev–Trinajstić information content (AvgIpc) is 2.08. The topological polar surface area (TPSA) is 94.9 Å². The number of Topliss-reactive ketones (excluding diaryl/α,β-unsaturated/α-hetero) is 1. The molecule has 1 heterocycles. The van der Waals surface area contributed by atoms with Crippen molar-refractivity contribution in [1.82, 2.24) is 4.90 Å². The van der Waals surface area contributed by atoms with Gasteiger partial charge in [-0.15, -0.1) is 0 Å². The van der Waals surface area contributed by atoms with Crippen LogP contribution < -0.4 is 0 Å². The molecule has 1 amide bonds. The number of carboxylic acids is 1. The molecule has 0 aliphatic carbocycles. The number of carbonyl (C=O) groups is 3. The Hall–Kier alpha value is -1.59. The molecule has 1 atom stereocenters. The normalized spacial score (nSPS) is 25.1. The van der Waals surface area contributed by atoms with E-state index in [1.807, 2.05) is 0 Å². The van der Waals surface area contributed by atoms with Crippen molar-refractivity contribution in [3.8, 4) is 0 Å². The molecule has 1 saturated heterocycles. The van der Waals surface area contributed by atoms with Gasteiger partial charge < -0.3 is 15.1 Å². The highest BCUT2D eigenvalue weighted by Crippen LogP contribution is 2.28. The Morgan fingerprint density at radius 2 is 1.93 bits per heavy atom. The van der Waals surface area contributed by atoms with Crippen LogP contribution in [0.15, 0.2) is 0 Å². The van der Waals surface area contributed by atoms with Gasteiger partial charge in [0.15, 0.2) is 5.78 Å². The molecule has 1 aliphatic heterocycles. The Labute approximate surface area is 86.5 Å². The van der Waals surface area contributed by atoms with Crippen LogP contribution in [0.4, 0.5) is 4.79 Å². The highest BCUT2D eigenvalue weighted by Gasteiger charge is 2.45. The van der Waals surface area contributed by atoms with Gasteiger partial charge in [0, 0.05) is 18.5 Å². The molecule has 6 nitrogen and oxygen atoms in total. The van der Waals surface area contributed by atoms with E-state index >= 15 is 0 Å². The summed E-state index contributed by atoms with van der Waals surface area (Å²) in [6, 6.07) is 0. The maximum Gasteiger partial charge on any atom is 0.407 e. The van der Waals surface area contributed by atoms with E-state index < -0.39 is 29.2 Å². The Bertz CT molecular complexity index is 322. The van der Waals surface area contributed by atoms with Gasteiger partial charge in [-0.1, -0.05) is 13.8 Å². The number of aliphatic carboxylic acids is 1. The average molecular weight is 215 g/mol. The van der Waals surface area contributed by atoms with Gasteiger partial charge in [0.1, 0.15) is 5.92 Å². The van der Waals surface area contributed by atoms with Gasteiger partial charge in [0.25, 0.3) is 0 Å². The van der Waals surface area contributed by atoms with E-state index in [-0.39, 0.29) is 13.1 Å². The molecule has 1 unspecified atom stereocenters. The molecule has 2 N–H and O–H groups in total. The lowest BCUT2D eigenvalue weighted by Gasteiger charge is -2.38. The molecular formula is C9H13NO5. The lowest BCUT2D eigenvalue weighted by Crippen LogP contribution is -2.55. The molecule has 1 aliphatic rings. The molecule has 0 aromatic heterocycles.